The largest absolute Gasteiger partial charge is 0.358 e. The lowest BCUT2D eigenvalue weighted by Crippen LogP contribution is -2.16. The molecule has 0 saturated heterocycles. The van der Waals surface area contributed by atoms with Crippen molar-refractivity contribution in [3.63, 3.8) is 0 Å². The van der Waals surface area contributed by atoms with Crippen molar-refractivity contribution in [2.24, 2.45) is 0 Å². The average molecular weight is 392 g/mol. The number of nitrogens with one attached hydrogen (secondary N) is 3. The molecule has 5 nitrogen and oxygen atoms in total. The molecule has 1 heterocycles. The van der Waals surface area contributed by atoms with E-state index in [1.807, 2.05) is 24.3 Å². The highest BCUT2D eigenvalue weighted by molar-refractivity contribution is 5.90. The van der Waals surface area contributed by atoms with Crippen molar-refractivity contribution >= 4 is 22.9 Å². The van der Waals surface area contributed by atoms with Crippen LogP contribution in [0.3, 0.4) is 0 Å². The van der Waals surface area contributed by atoms with E-state index in [1.54, 1.807) is 11.6 Å². The lowest BCUT2D eigenvalue weighted by atomic mass is 9.92. The molecule has 3 aromatic rings. The maximum absolute atomic E-state index is 11.0. The predicted octanol–water partition coefficient (Wildman–Crippen LogP) is 4.32. The molecule has 1 amide bonds. The predicted molar refractivity (Wildman–Crippen MR) is 118 cm³/mol. The molecule has 3 rings (SSSR count). The molecular formula is C24H29N3O2. The first kappa shape index (κ1) is 20.8. The van der Waals surface area contributed by atoms with Crippen LogP contribution in [0.5, 0.6) is 0 Å². The van der Waals surface area contributed by atoms with E-state index in [9.17, 15) is 4.79 Å². The number of H-pyrrole nitrogens is 1. The second-order valence-electron chi connectivity index (χ2n) is 8.29. The van der Waals surface area contributed by atoms with Gasteiger partial charge in [-0.05, 0) is 47.9 Å². The number of hydrogen-bond donors (Lipinski definition) is 4. The van der Waals surface area contributed by atoms with E-state index < -0.39 is 5.91 Å². The highest BCUT2D eigenvalue weighted by Gasteiger charge is 2.17. The molecule has 29 heavy (non-hydrogen) atoms. The molecule has 0 spiro atoms. The third-order valence-electron chi connectivity index (χ3n) is 4.98. The second-order valence-corrected chi connectivity index (χ2v) is 8.29. The summed E-state index contributed by atoms with van der Waals surface area (Å²) in [6, 6.07) is 16.7. The lowest BCUT2D eigenvalue weighted by Gasteiger charge is -2.15. The molecule has 0 radical (unpaired) electrons. The molecule has 0 saturated carbocycles. The SMILES string of the molecule is CC(C)(C)c1cc2c(CCNCc3ccc(/C=C/C(=O)NO)cc3)cccc2[nH]1. The van der Waals surface area contributed by atoms with Crippen LogP contribution in [0.15, 0.2) is 54.6 Å². The third kappa shape index (κ3) is 5.56. The highest BCUT2D eigenvalue weighted by atomic mass is 16.5. The summed E-state index contributed by atoms with van der Waals surface area (Å²) in [5, 5.41) is 13.3. The smallest absolute Gasteiger partial charge is 0.267 e. The van der Waals surface area contributed by atoms with Crippen molar-refractivity contribution in [2.75, 3.05) is 6.54 Å². The van der Waals surface area contributed by atoms with Gasteiger partial charge in [0.25, 0.3) is 5.91 Å². The minimum absolute atomic E-state index is 0.109. The van der Waals surface area contributed by atoms with E-state index in [-0.39, 0.29) is 5.41 Å². The second kappa shape index (κ2) is 9.07. The fraction of sp³-hybridized carbons (Fsp3) is 0.292. The summed E-state index contributed by atoms with van der Waals surface area (Å²) in [7, 11) is 0. The number of aromatic amines is 1. The van der Waals surface area contributed by atoms with E-state index in [4.69, 9.17) is 5.21 Å². The topological polar surface area (TPSA) is 77.2 Å². The van der Waals surface area contributed by atoms with Crippen LogP contribution in [0, 0.1) is 0 Å². The van der Waals surface area contributed by atoms with Gasteiger partial charge in [0, 0.05) is 34.6 Å². The van der Waals surface area contributed by atoms with Crippen molar-refractivity contribution in [2.45, 2.75) is 39.2 Å². The molecule has 1 aromatic heterocycles. The summed E-state index contributed by atoms with van der Waals surface area (Å²) in [6.07, 6.45) is 3.92. The number of benzene rings is 2. The zero-order chi connectivity index (χ0) is 20.9. The zero-order valence-corrected chi connectivity index (χ0v) is 17.3. The molecule has 2 aromatic carbocycles. The van der Waals surface area contributed by atoms with Gasteiger partial charge in [-0.3, -0.25) is 10.0 Å². The number of carbonyl (C=O) groups excluding carboxylic acids is 1. The van der Waals surface area contributed by atoms with Gasteiger partial charge in [-0.25, -0.2) is 5.48 Å². The number of hydroxylamine groups is 1. The van der Waals surface area contributed by atoms with Gasteiger partial charge in [-0.1, -0.05) is 57.2 Å². The van der Waals surface area contributed by atoms with E-state index in [1.165, 1.54) is 33.8 Å². The molecular weight excluding hydrogens is 362 g/mol. The Morgan fingerprint density at radius 2 is 1.90 bits per heavy atom. The van der Waals surface area contributed by atoms with Crippen molar-refractivity contribution in [3.05, 3.63) is 77.0 Å². The molecule has 0 bridgehead atoms. The Kier molecular flexibility index (Phi) is 6.52. The van der Waals surface area contributed by atoms with Gasteiger partial charge in [0.05, 0.1) is 0 Å². The first-order valence-corrected chi connectivity index (χ1v) is 9.90. The number of hydrogen-bond acceptors (Lipinski definition) is 3. The van der Waals surface area contributed by atoms with E-state index in [0.29, 0.717) is 0 Å². The van der Waals surface area contributed by atoms with Crippen LogP contribution in [-0.4, -0.2) is 22.6 Å². The Bertz CT molecular complexity index is 995. The number of amides is 1. The van der Waals surface area contributed by atoms with Gasteiger partial charge in [0.2, 0.25) is 0 Å². The van der Waals surface area contributed by atoms with Crippen LogP contribution in [-0.2, 0) is 23.2 Å². The van der Waals surface area contributed by atoms with Crippen LogP contribution in [0.2, 0.25) is 0 Å². The third-order valence-corrected chi connectivity index (χ3v) is 4.98. The van der Waals surface area contributed by atoms with E-state index in [0.717, 1.165) is 25.1 Å². The number of carbonyl (C=O) groups is 1. The summed E-state index contributed by atoms with van der Waals surface area (Å²) in [4.78, 5) is 14.6. The number of rotatable bonds is 7. The van der Waals surface area contributed by atoms with Gasteiger partial charge in [0.1, 0.15) is 0 Å². The maximum atomic E-state index is 11.0. The van der Waals surface area contributed by atoms with Crippen molar-refractivity contribution < 1.29 is 10.0 Å². The molecule has 0 atom stereocenters. The van der Waals surface area contributed by atoms with Crippen LogP contribution in [0.1, 0.15) is 43.2 Å². The van der Waals surface area contributed by atoms with Crippen LogP contribution in [0.4, 0.5) is 0 Å². The standard InChI is InChI=1S/C24H29N3O2/c1-24(2,3)22-15-20-19(5-4-6-21(20)26-22)13-14-25-16-18-9-7-17(8-10-18)11-12-23(28)27-29/h4-12,15,25-26,29H,13-14,16H2,1-3H3,(H,27,28)/b12-11+. The molecule has 0 fully saturated rings. The fourth-order valence-electron chi connectivity index (χ4n) is 3.25. The summed E-state index contributed by atoms with van der Waals surface area (Å²) < 4.78 is 0. The summed E-state index contributed by atoms with van der Waals surface area (Å²) >= 11 is 0. The Labute approximate surface area is 171 Å². The lowest BCUT2D eigenvalue weighted by molar-refractivity contribution is -0.124. The van der Waals surface area contributed by atoms with Gasteiger partial charge >= 0.3 is 0 Å². The van der Waals surface area contributed by atoms with Gasteiger partial charge in [-0.2, -0.15) is 0 Å². The van der Waals surface area contributed by atoms with Gasteiger partial charge in [0.15, 0.2) is 0 Å². The Balaban J connectivity index is 1.55. The number of fused-ring (bicyclic) bond motifs is 1. The summed E-state index contributed by atoms with van der Waals surface area (Å²) in [5.74, 6) is -0.539. The fourth-order valence-corrected chi connectivity index (χ4v) is 3.25. The minimum Gasteiger partial charge on any atom is -0.358 e. The van der Waals surface area contributed by atoms with Crippen molar-refractivity contribution in [3.8, 4) is 0 Å². The van der Waals surface area contributed by atoms with Crippen LogP contribution >= 0.6 is 0 Å². The average Bonchev–Trinajstić information content (AvgIpc) is 3.16. The normalized spacial score (nSPS) is 12.0. The molecule has 0 aliphatic carbocycles. The Hall–Kier alpha value is -2.89. The molecule has 0 unspecified atom stereocenters. The minimum atomic E-state index is -0.539. The van der Waals surface area contributed by atoms with Crippen molar-refractivity contribution in [1.29, 1.82) is 0 Å². The van der Waals surface area contributed by atoms with Gasteiger partial charge < -0.3 is 10.3 Å². The quantitative estimate of drug-likeness (QED) is 0.210. The molecule has 5 heteroatoms. The monoisotopic (exact) mass is 391 g/mol. The summed E-state index contributed by atoms with van der Waals surface area (Å²) in [6.45, 7) is 8.36. The van der Waals surface area contributed by atoms with Gasteiger partial charge in [-0.15, -0.1) is 0 Å². The molecule has 0 aliphatic heterocycles. The Morgan fingerprint density at radius 3 is 2.59 bits per heavy atom. The number of aromatic nitrogens is 1. The molecule has 152 valence electrons. The van der Waals surface area contributed by atoms with E-state index >= 15 is 0 Å². The van der Waals surface area contributed by atoms with Crippen molar-refractivity contribution in [1.82, 2.24) is 15.8 Å². The molecule has 4 N–H and O–H groups in total. The Morgan fingerprint density at radius 1 is 1.14 bits per heavy atom. The molecule has 0 aliphatic rings. The summed E-state index contributed by atoms with van der Waals surface area (Å²) in [5.41, 5.74) is 7.59. The van der Waals surface area contributed by atoms with E-state index in [2.05, 4.69) is 55.3 Å². The maximum Gasteiger partial charge on any atom is 0.267 e. The van der Waals surface area contributed by atoms with Crippen LogP contribution < -0.4 is 10.8 Å². The highest BCUT2D eigenvalue weighted by Crippen LogP contribution is 2.27. The first-order valence-electron chi connectivity index (χ1n) is 9.90. The van der Waals surface area contributed by atoms with Crippen LogP contribution in [0.25, 0.3) is 17.0 Å². The zero-order valence-electron chi connectivity index (χ0n) is 17.3. The first-order chi connectivity index (χ1) is 13.9.